The summed E-state index contributed by atoms with van der Waals surface area (Å²) in [5.74, 6) is -0.336. The van der Waals surface area contributed by atoms with Crippen molar-refractivity contribution >= 4 is 14.3 Å². The Labute approximate surface area is 170 Å². The molecule has 0 unspecified atom stereocenters. The van der Waals surface area contributed by atoms with Gasteiger partial charge < -0.3 is 9.16 Å². The Morgan fingerprint density at radius 3 is 2.00 bits per heavy atom. The van der Waals surface area contributed by atoms with Crippen molar-refractivity contribution in [3.05, 3.63) is 83.9 Å². The first-order valence-corrected chi connectivity index (χ1v) is 12.7. The highest BCUT2D eigenvalue weighted by Crippen LogP contribution is 2.37. The lowest BCUT2D eigenvalue weighted by atomic mass is 10.1. The van der Waals surface area contributed by atoms with Crippen molar-refractivity contribution in [1.29, 1.82) is 0 Å². The minimum atomic E-state index is -1.86. The van der Waals surface area contributed by atoms with Crippen molar-refractivity contribution in [3.63, 3.8) is 0 Å². The van der Waals surface area contributed by atoms with E-state index in [9.17, 15) is 4.79 Å². The largest absolute Gasteiger partial charge is 0.450 e. The van der Waals surface area contributed by atoms with Gasteiger partial charge >= 0.3 is 5.97 Å². The van der Waals surface area contributed by atoms with Gasteiger partial charge in [-0.25, -0.2) is 4.79 Å². The molecular weight excluding hydrogens is 364 g/mol. The lowest BCUT2D eigenvalue weighted by molar-refractivity contribution is 0.0389. The first-order chi connectivity index (χ1) is 13.1. The molecule has 0 saturated heterocycles. The van der Waals surface area contributed by atoms with Gasteiger partial charge in [0.15, 0.2) is 8.32 Å². The van der Waals surface area contributed by atoms with Gasteiger partial charge in [-0.1, -0.05) is 75.4 Å². The summed E-state index contributed by atoms with van der Waals surface area (Å²) in [5, 5.41) is 0.147. The number of carbonyl (C=O) groups is 1. The minimum Gasteiger partial charge on any atom is -0.450 e. The molecule has 0 saturated carbocycles. The summed E-state index contributed by atoms with van der Waals surface area (Å²) in [5.41, 5.74) is 1.48. The fourth-order valence-corrected chi connectivity index (χ4v) is 3.92. The number of rotatable bonds is 7. The van der Waals surface area contributed by atoms with Crippen LogP contribution in [0.5, 0.6) is 0 Å². The zero-order valence-corrected chi connectivity index (χ0v) is 18.8. The van der Waals surface area contributed by atoms with Crippen molar-refractivity contribution in [1.82, 2.24) is 0 Å². The Bertz CT molecular complexity index is 777. The molecule has 0 heterocycles. The molecule has 4 heteroatoms. The highest BCUT2D eigenvalue weighted by molar-refractivity contribution is 6.74. The van der Waals surface area contributed by atoms with Gasteiger partial charge in [0.1, 0.15) is 6.10 Å². The molecule has 2 aromatic carbocycles. The molecule has 0 aliphatic heterocycles. The third-order valence-corrected chi connectivity index (χ3v) is 9.79. The third kappa shape index (κ3) is 6.18. The van der Waals surface area contributed by atoms with Gasteiger partial charge in [-0.15, -0.1) is 0 Å². The molecule has 0 amide bonds. The van der Waals surface area contributed by atoms with E-state index in [1.165, 1.54) is 0 Å². The molecule has 0 aromatic heterocycles. The van der Waals surface area contributed by atoms with Crippen LogP contribution >= 0.6 is 0 Å². The van der Waals surface area contributed by atoms with Crippen LogP contribution in [0.1, 0.15) is 49.7 Å². The molecule has 2 aromatic rings. The molecule has 2 atom stereocenters. The Morgan fingerprint density at radius 2 is 1.46 bits per heavy atom. The molecular formula is C24H32O3Si. The van der Waals surface area contributed by atoms with Gasteiger partial charge in [-0.2, -0.15) is 0 Å². The molecule has 0 radical (unpaired) electrons. The van der Waals surface area contributed by atoms with Crippen molar-refractivity contribution in [3.8, 4) is 0 Å². The second kappa shape index (κ2) is 9.35. The Morgan fingerprint density at radius 1 is 0.929 bits per heavy atom. The molecule has 0 bridgehead atoms. The van der Waals surface area contributed by atoms with Crippen LogP contribution in [0.4, 0.5) is 0 Å². The fraction of sp³-hybridized carbons (Fsp3) is 0.375. The van der Waals surface area contributed by atoms with E-state index >= 15 is 0 Å². The van der Waals surface area contributed by atoms with E-state index in [0.717, 1.165) is 5.56 Å². The Kier molecular flexibility index (Phi) is 7.39. The summed E-state index contributed by atoms with van der Waals surface area (Å²) in [6.45, 7) is 13.2. The smallest absolute Gasteiger partial charge is 0.339 e. The van der Waals surface area contributed by atoms with E-state index in [4.69, 9.17) is 9.16 Å². The fourth-order valence-electron chi connectivity index (χ4n) is 2.56. The van der Waals surface area contributed by atoms with E-state index < -0.39 is 14.4 Å². The van der Waals surface area contributed by atoms with Gasteiger partial charge in [0.25, 0.3) is 0 Å². The van der Waals surface area contributed by atoms with Gasteiger partial charge in [-0.3, -0.25) is 0 Å². The summed E-state index contributed by atoms with van der Waals surface area (Å²) in [4.78, 5) is 12.6. The van der Waals surface area contributed by atoms with Crippen molar-refractivity contribution in [2.75, 3.05) is 0 Å². The second-order valence-corrected chi connectivity index (χ2v) is 13.3. The maximum Gasteiger partial charge on any atom is 0.339 e. The van der Waals surface area contributed by atoms with Gasteiger partial charge in [0.05, 0.1) is 11.7 Å². The average molecular weight is 397 g/mol. The molecule has 0 spiro atoms. The summed E-state index contributed by atoms with van der Waals surface area (Å²) in [6, 6.07) is 18.8. The number of hydrogen-bond acceptors (Lipinski definition) is 3. The highest BCUT2D eigenvalue weighted by atomic mass is 28.4. The maximum absolute atomic E-state index is 12.6. The summed E-state index contributed by atoms with van der Waals surface area (Å²) >= 11 is 0. The van der Waals surface area contributed by atoms with Crippen LogP contribution in [0.25, 0.3) is 0 Å². The second-order valence-electron chi connectivity index (χ2n) is 8.57. The van der Waals surface area contributed by atoms with Crippen LogP contribution in [-0.4, -0.2) is 20.4 Å². The number of ether oxygens (including phenoxy) is 1. The number of benzene rings is 2. The lowest BCUT2D eigenvalue weighted by Crippen LogP contribution is -2.42. The predicted octanol–water partition coefficient (Wildman–Crippen LogP) is 6.55. The molecule has 2 rings (SSSR count). The number of esters is 1. The monoisotopic (exact) mass is 396 g/mol. The average Bonchev–Trinajstić information content (AvgIpc) is 2.65. The SMILES string of the molecule is C[C@@H](C=C[C@@H](OC(=O)c1ccccc1)c1ccccc1)O[Si](C)(C)C(C)(C)C. The van der Waals surface area contributed by atoms with Gasteiger partial charge in [0.2, 0.25) is 0 Å². The van der Waals surface area contributed by atoms with Crippen LogP contribution < -0.4 is 0 Å². The molecule has 0 aliphatic carbocycles. The van der Waals surface area contributed by atoms with Crippen LogP contribution in [0, 0.1) is 0 Å². The van der Waals surface area contributed by atoms with Crippen molar-refractivity contribution in [2.24, 2.45) is 0 Å². The van der Waals surface area contributed by atoms with Crippen molar-refractivity contribution < 1.29 is 14.0 Å². The van der Waals surface area contributed by atoms with E-state index in [1.54, 1.807) is 12.1 Å². The van der Waals surface area contributed by atoms with E-state index in [2.05, 4.69) is 33.9 Å². The van der Waals surface area contributed by atoms with Crippen LogP contribution in [0.3, 0.4) is 0 Å². The maximum atomic E-state index is 12.6. The van der Waals surface area contributed by atoms with Crippen LogP contribution in [0.15, 0.2) is 72.8 Å². The summed E-state index contributed by atoms with van der Waals surface area (Å²) in [6.07, 6.45) is 3.41. The van der Waals surface area contributed by atoms with Gasteiger partial charge in [-0.05, 0) is 48.8 Å². The number of hydrogen-bond donors (Lipinski definition) is 0. The summed E-state index contributed by atoms with van der Waals surface area (Å²) < 4.78 is 12.2. The molecule has 150 valence electrons. The normalized spacial score (nSPS) is 14.6. The molecule has 0 fully saturated rings. The van der Waals surface area contributed by atoms with Crippen LogP contribution in [0.2, 0.25) is 18.1 Å². The van der Waals surface area contributed by atoms with Crippen LogP contribution in [-0.2, 0) is 9.16 Å². The molecule has 28 heavy (non-hydrogen) atoms. The zero-order chi connectivity index (χ0) is 20.8. The lowest BCUT2D eigenvalue weighted by Gasteiger charge is -2.37. The Balaban J connectivity index is 2.16. The molecule has 0 N–H and O–H groups in total. The minimum absolute atomic E-state index is 0.0532. The first kappa shape index (κ1) is 22.1. The van der Waals surface area contributed by atoms with E-state index in [-0.39, 0.29) is 17.1 Å². The predicted molar refractivity (Wildman–Crippen MR) is 118 cm³/mol. The van der Waals surface area contributed by atoms with Gasteiger partial charge in [0, 0.05) is 0 Å². The zero-order valence-electron chi connectivity index (χ0n) is 17.8. The molecule has 0 aliphatic rings. The van der Waals surface area contributed by atoms with E-state index in [0.29, 0.717) is 5.56 Å². The standard InChI is InChI=1S/C24H32O3Si/c1-19(27-28(5,6)24(2,3)4)17-18-22(20-13-9-7-10-14-20)26-23(25)21-15-11-8-12-16-21/h7-19,22H,1-6H3/t19-,22+/m0/s1. The van der Waals surface area contributed by atoms with E-state index in [1.807, 2.05) is 67.6 Å². The first-order valence-electron chi connectivity index (χ1n) is 9.77. The quantitative estimate of drug-likeness (QED) is 0.302. The topological polar surface area (TPSA) is 35.5 Å². The van der Waals surface area contributed by atoms with Crippen molar-refractivity contribution in [2.45, 2.75) is 58.0 Å². The Hall–Kier alpha value is -2.17. The number of carbonyl (C=O) groups excluding carboxylic acids is 1. The molecule has 3 nitrogen and oxygen atoms in total. The summed E-state index contributed by atoms with van der Waals surface area (Å²) in [7, 11) is -1.86. The highest BCUT2D eigenvalue weighted by Gasteiger charge is 2.38. The third-order valence-electron chi connectivity index (χ3n) is 5.22.